The van der Waals surface area contributed by atoms with Gasteiger partial charge in [-0.3, -0.25) is 0 Å². The molecule has 0 saturated carbocycles. The van der Waals surface area contributed by atoms with E-state index in [0.29, 0.717) is 0 Å². The largest absolute Gasteiger partial charge is 0.303 e. The third-order valence-corrected chi connectivity index (χ3v) is 2.03. The lowest BCUT2D eigenvalue weighted by atomic mass is 10.9. The lowest BCUT2D eigenvalue weighted by Gasteiger charge is -2.12. The number of imidazole rings is 1. The Morgan fingerprint density at radius 2 is 2.00 bits per heavy atom. The Labute approximate surface area is 78.0 Å². The number of nitrogens with zero attached hydrogens (tertiary/aromatic N) is 2. The SMILES string of the molecule is BrC(Br)(Br)n1ccnc1. The average molecular weight is 319 g/mol. The van der Waals surface area contributed by atoms with Gasteiger partial charge in [0.15, 0.2) is 0 Å². The number of halogens is 3. The zero-order valence-corrected chi connectivity index (χ0v) is 9.02. The van der Waals surface area contributed by atoms with E-state index in [2.05, 4.69) is 52.8 Å². The van der Waals surface area contributed by atoms with Crippen LogP contribution in [0.25, 0.3) is 0 Å². The molecule has 5 heteroatoms. The molecule has 0 bridgehead atoms. The molecule has 0 saturated heterocycles. The molecule has 0 amide bonds. The zero-order chi connectivity index (χ0) is 6.91. The van der Waals surface area contributed by atoms with Crippen LogP contribution in [0.4, 0.5) is 0 Å². The summed E-state index contributed by atoms with van der Waals surface area (Å²) >= 11 is 9.97. The second-order valence-electron chi connectivity index (χ2n) is 1.44. The molecule has 0 aliphatic carbocycles. The molecule has 9 heavy (non-hydrogen) atoms. The van der Waals surface area contributed by atoms with E-state index in [1.54, 1.807) is 12.5 Å². The molecule has 0 spiro atoms. The Bertz CT molecular complexity index is 176. The maximum absolute atomic E-state index is 3.86. The summed E-state index contributed by atoms with van der Waals surface area (Å²) in [6.07, 6.45) is 5.23. The molecular weight excluding hydrogens is 316 g/mol. The molecule has 0 aromatic carbocycles. The molecule has 0 N–H and O–H groups in total. The highest BCUT2D eigenvalue weighted by atomic mass is 80.0. The molecule has 1 aromatic rings. The second kappa shape index (κ2) is 2.72. The van der Waals surface area contributed by atoms with Crippen molar-refractivity contribution in [2.75, 3.05) is 0 Å². The number of hydrogen-bond donors (Lipinski definition) is 0. The molecule has 0 aliphatic heterocycles. The van der Waals surface area contributed by atoms with E-state index in [1.165, 1.54) is 0 Å². The number of rotatable bonds is 0. The second-order valence-corrected chi connectivity index (χ2v) is 8.07. The van der Waals surface area contributed by atoms with Crippen LogP contribution in [-0.4, -0.2) is 9.55 Å². The fraction of sp³-hybridized carbons (Fsp3) is 0.250. The summed E-state index contributed by atoms with van der Waals surface area (Å²) in [5.41, 5.74) is 0. The van der Waals surface area contributed by atoms with Gasteiger partial charge in [-0.05, 0) is 47.8 Å². The Morgan fingerprint density at radius 1 is 1.33 bits per heavy atom. The van der Waals surface area contributed by atoms with E-state index in [9.17, 15) is 0 Å². The van der Waals surface area contributed by atoms with E-state index in [0.717, 1.165) is 0 Å². The van der Waals surface area contributed by atoms with E-state index in [1.807, 2.05) is 10.8 Å². The van der Waals surface area contributed by atoms with Gasteiger partial charge in [0.05, 0.1) is 6.33 Å². The normalized spacial score (nSPS) is 11.9. The monoisotopic (exact) mass is 316 g/mol. The van der Waals surface area contributed by atoms with Crippen LogP contribution in [0.15, 0.2) is 18.7 Å². The smallest absolute Gasteiger partial charge is 0.211 e. The summed E-state index contributed by atoms with van der Waals surface area (Å²) in [7, 11) is 0. The first-order valence-electron chi connectivity index (χ1n) is 2.16. The van der Waals surface area contributed by atoms with Crippen molar-refractivity contribution >= 4 is 47.8 Å². The van der Waals surface area contributed by atoms with Crippen molar-refractivity contribution in [1.29, 1.82) is 0 Å². The minimum absolute atomic E-state index is 0.385. The van der Waals surface area contributed by atoms with Gasteiger partial charge in [0.25, 0.3) is 0 Å². The Balaban J connectivity index is 2.90. The van der Waals surface area contributed by atoms with Gasteiger partial charge in [0, 0.05) is 12.4 Å². The summed E-state index contributed by atoms with van der Waals surface area (Å²) in [6.45, 7) is 0. The lowest BCUT2D eigenvalue weighted by Crippen LogP contribution is -2.06. The molecule has 0 aliphatic rings. The first kappa shape index (κ1) is 7.75. The molecule has 2 nitrogen and oxygen atoms in total. The van der Waals surface area contributed by atoms with Crippen molar-refractivity contribution in [1.82, 2.24) is 9.55 Å². The summed E-state index contributed by atoms with van der Waals surface area (Å²) in [4.78, 5) is 3.86. The highest BCUT2D eigenvalue weighted by Crippen LogP contribution is 2.38. The molecule has 1 rings (SSSR count). The van der Waals surface area contributed by atoms with Crippen LogP contribution in [0, 0.1) is 0 Å². The molecule has 0 radical (unpaired) electrons. The molecule has 0 fully saturated rings. The number of alkyl halides is 3. The van der Waals surface area contributed by atoms with Gasteiger partial charge >= 0.3 is 0 Å². The first-order valence-corrected chi connectivity index (χ1v) is 4.54. The van der Waals surface area contributed by atoms with Crippen LogP contribution < -0.4 is 0 Å². The fourth-order valence-electron chi connectivity index (χ4n) is 0.409. The summed E-state index contributed by atoms with van der Waals surface area (Å²) < 4.78 is 1.44. The van der Waals surface area contributed by atoms with Gasteiger partial charge in [0.2, 0.25) is 2.27 Å². The van der Waals surface area contributed by atoms with Gasteiger partial charge in [-0.25, -0.2) is 4.98 Å². The van der Waals surface area contributed by atoms with Crippen molar-refractivity contribution in [3.8, 4) is 0 Å². The molecule has 1 aromatic heterocycles. The fourth-order valence-corrected chi connectivity index (χ4v) is 1.04. The van der Waals surface area contributed by atoms with Crippen molar-refractivity contribution in [3.05, 3.63) is 18.7 Å². The standard InChI is InChI=1S/C4H3Br3N2/c5-4(6,7)9-2-1-8-3-9/h1-3H. The van der Waals surface area contributed by atoms with Gasteiger partial charge in [-0.2, -0.15) is 0 Å². The minimum Gasteiger partial charge on any atom is -0.303 e. The number of hydrogen-bond acceptors (Lipinski definition) is 1. The molecule has 50 valence electrons. The van der Waals surface area contributed by atoms with Crippen molar-refractivity contribution in [2.45, 2.75) is 2.27 Å². The summed E-state index contributed by atoms with van der Waals surface area (Å²) in [6, 6.07) is 0. The topological polar surface area (TPSA) is 17.8 Å². The molecule has 0 atom stereocenters. The third-order valence-electron chi connectivity index (χ3n) is 0.797. The maximum atomic E-state index is 3.86. The highest BCUT2D eigenvalue weighted by molar-refractivity contribution is 9.38. The minimum atomic E-state index is -0.385. The zero-order valence-electron chi connectivity index (χ0n) is 4.26. The quantitative estimate of drug-likeness (QED) is 0.672. The van der Waals surface area contributed by atoms with Crippen LogP contribution in [0.2, 0.25) is 0 Å². The van der Waals surface area contributed by atoms with Crippen molar-refractivity contribution in [3.63, 3.8) is 0 Å². The van der Waals surface area contributed by atoms with Crippen molar-refractivity contribution in [2.24, 2.45) is 0 Å². The predicted molar refractivity (Wildman–Crippen MR) is 47.0 cm³/mol. The molecule has 0 unspecified atom stereocenters. The lowest BCUT2D eigenvalue weighted by molar-refractivity contribution is 0.857. The molecular formula is C4H3Br3N2. The van der Waals surface area contributed by atoms with E-state index >= 15 is 0 Å². The van der Waals surface area contributed by atoms with Crippen molar-refractivity contribution < 1.29 is 0 Å². The van der Waals surface area contributed by atoms with Gasteiger partial charge < -0.3 is 4.57 Å². The van der Waals surface area contributed by atoms with Crippen LogP contribution in [-0.2, 0) is 2.27 Å². The van der Waals surface area contributed by atoms with Gasteiger partial charge in [-0.15, -0.1) is 0 Å². The van der Waals surface area contributed by atoms with Crippen LogP contribution in [0.5, 0.6) is 0 Å². The highest BCUT2D eigenvalue weighted by Gasteiger charge is 2.17. The Morgan fingerprint density at radius 3 is 2.22 bits per heavy atom. The van der Waals surface area contributed by atoms with Crippen LogP contribution in [0.3, 0.4) is 0 Å². The first-order chi connectivity index (χ1) is 4.11. The maximum Gasteiger partial charge on any atom is 0.211 e. The number of aromatic nitrogens is 2. The predicted octanol–water partition coefficient (Wildman–Crippen LogP) is 2.64. The van der Waals surface area contributed by atoms with Gasteiger partial charge in [-0.1, -0.05) is 0 Å². The third kappa shape index (κ3) is 2.05. The molecule has 1 heterocycles. The van der Waals surface area contributed by atoms with Crippen LogP contribution >= 0.6 is 47.8 Å². The van der Waals surface area contributed by atoms with E-state index < -0.39 is 0 Å². The average Bonchev–Trinajstić information content (AvgIpc) is 2.08. The Kier molecular flexibility index (Phi) is 2.34. The summed E-state index contributed by atoms with van der Waals surface area (Å²) in [5.74, 6) is 0. The van der Waals surface area contributed by atoms with E-state index in [4.69, 9.17) is 0 Å². The van der Waals surface area contributed by atoms with Gasteiger partial charge in [0.1, 0.15) is 0 Å². The van der Waals surface area contributed by atoms with E-state index in [-0.39, 0.29) is 2.27 Å². The summed E-state index contributed by atoms with van der Waals surface area (Å²) in [5, 5.41) is 0. The Hall–Kier alpha value is 0.650. The van der Waals surface area contributed by atoms with Crippen LogP contribution in [0.1, 0.15) is 0 Å².